The molecule has 0 aliphatic heterocycles. The van der Waals surface area contributed by atoms with Crippen LogP contribution in [0.4, 0.5) is 0 Å². The summed E-state index contributed by atoms with van der Waals surface area (Å²) in [7, 11) is 0. The van der Waals surface area contributed by atoms with Crippen molar-refractivity contribution in [3.05, 3.63) is 60.8 Å². The van der Waals surface area contributed by atoms with Gasteiger partial charge in [0.15, 0.2) is 0 Å². The quantitative estimate of drug-likeness (QED) is 0.0379. The zero-order chi connectivity index (χ0) is 41.2. The van der Waals surface area contributed by atoms with E-state index < -0.39 is 6.10 Å². The first kappa shape index (κ1) is 55.1. The third-order valence-electron chi connectivity index (χ3n) is 10.9. The number of allylic oxidation sites excluding steroid dienone is 10. The molecule has 0 fully saturated rings. The number of aliphatic hydroxyl groups excluding tert-OH is 1. The predicted molar refractivity (Wildman–Crippen MR) is 251 cm³/mol. The number of aliphatic hydroxyl groups is 1. The minimum Gasteiger partial charge on any atom is -0.457 e. The van der Waals surface area contributed by atoms with Gasteiger partial charge in [0.2, 0.25) is 0 Å². The smallest absolute Gasteiger partial charge is 0.306 e. The van der Waals surface area contributed by atoms with E-state index in [0.717, 1.165) is 64.2 Å². The van der Waals surface area contributed by atoms with Crippen molar-refractivity contribution in [1.29, 1.82) is 0 Å². The van der Waals surface area contributed by atoms with E-state index in [2.05, 4.69) is 74.6 Å². The molecular formula is C53H96O4. The lowest BCUT2D eigenvalue weighted by atomic mass is 10.0. The molecule has 57 heavy (non-hydrogen) atoms. The summed E-state index contributed by atoms with van der Waals surface area (Å²) in [6.45, 7) is 5.21. The molecule has 0 amide bonds. The van der Waals surface area contributed by atoms with Crippen molar-refractivity contribution in [2.75, 3.05) is 19.8 Å². The number of hydrogen-bond donors (Lipinski definition) is 1. The molecule has 0 aromatic carbocycles. The Balaban J connectivity index is 3.43. The van der Waals surface area contributed by atoms with Crippen LogP contribution in [-0.4, -0.2) is 37.0 Å². The topological polar surface area (TPSA) is 55.8 Å². The molecular weight excluding hydrogens is 701 g/mol. The molecule has 1 N–H and O–H groups in total. The molecule has 0 bridgehead atoms. The van der Waals surface area contributed by atoms with E-state index in [1.165, 1.54) is 161 Å². The van der Waals surface area contributed by atoms with E-state index in [-0.39, 0.29) is 19.2 Å². The van der Waals surface area contributed by atoms with Gasteiger partial charge in [-0.3, -0.25) is 4.79 Å². The third-order valence-corrected chi connectivity index (χ3v) is 10.9. The van der Waals surface area contributed by atoms with Crippen LogP contribution in [-0.2, 0) is 14.3 Å². The van der Waals surface area contributed by atoms with Crippen LogP contribution < -0.4 is 0 Å². The Morgan fingerprint density at radius 2 is 0.789 bits per heavy atom. The average Bonchev–Trinajstić information content (AvgIpc) is 3.22. The van der Waals surface area contributed by atoms with E-state index in [0.29, 0.717) is 13.0 Å². The summed E-state index contributed by atoms with van der Waals surface area (Å²) >= 11 is 0. The number of ether oxygens (including phenoxy) is 2. The number of carbonyl (C=O) groups excluding carboxylic acids is 1. The lowest BCUT2D eigenvalue weighted by molar-refractivity contribution is -0.154. The maximum absolute atomic E-state index is 12.3. The van der Waals surface area contributed by atoms with E-state index in [9.17, 15) is 9.90 Å². The molecule has 0 rings (SSSR count). The summed E-state index contributed by atoms with van der Waals surface area (Å²) in [5.74, 6) is -0.207. The summed E-state index contributed by atoms with van der Waals surface area (Å²) in [5.41, 5.74) is 0. The van der Waals surface area contributed by atoms with E-state index in [4.69, 9.17) is 9.47 Å². The van der Waals surface area contributed by atoms with Crippen molar-refractivity contribution in [3.63, 3.8) is 0 Å². The molecule has 4 nitrogen and oxygen atoms in total. The first-order valence-electron chi connectivity index (χ1n) is 24.9. The Hall–Kier alpha value is -1.91. The van der Waals surface area contributed by atoms with Crippen LogP contribution in [0.25, 0.3) is 0 Å². The number of unbranched alkanes of at least 4 members (excludes halogenated alkanes) is 28. The van der Waals surface area contributed by atoms with Gasteiger partial charge < -0.3 is 14.6 Å². The van der Waals surface area contributed by atoms with E-state index in [1.54, 1.807) is 0 Å². The molecule has 0 aliphatic rings. The highest BCUT2D eigenvalue weighted by atomic mass is 16.6. The van der Waals surface area contributed by atoms with Gasteiger partial charge in [0.1, 0.15) is 6.10 Å². The summed E-state index contributed by atoms with van der Waals surface area (Å²) in [5, 5.41) is 9.64. The fourth-order valence-corrected chi connectivity index (χ4v) is 7.18. The SMILES string of the molecule is CC/C=C\C/C=C\C/C=C\C/C=C\C/C=C\CCCCCCOCC(CO)OC(=O)CCCCCCCCCCCCCCCCCCCCCCCCCCC. The molecule has 4 heteroatoms. The average molecular weight is 797 g/mol. The fraction of sp³-hybridized carbons (Fsp3) is 0.792. The normalized spacial score (nSPS) is 12.8. The molecule has 0 aromatic rings. The van der Waals surface area contributed by atoms with Gasteiger partial charge in [-0.15, -0.1) is 0 Å². The number of esters is 1. The zero-order valence-electron chi connectivity index (χ0n) is 38.1. The molecule has 0 spiro atoms. The van der Waals surface area contributed by atoms with Gasteiger partial charge >= 0.3 is 5.97 Å². The Labute approximate surface area is 355 Å². The molecule has 0 heterocycles. The highest BCUT2D eigenvalue weighted by Crippen LogP contribution is 2.16. The summed E-state index contributed by atoms with van der Waals surface area (Å²) in [6, 6.07) is 0. The maximum Gasteiger partial charge on any atom is 0.306 e. The maximum atomic E-state index is 12.3. The van der Waals surface area contributed by atoms with Gasteiger partial charge in [-0.2, -0.15) is 0 Å². The number of rotatable bonds is 46. The van der Waals surface area contributed by atoms with Gasteiger partial charge in [-0.05, 0) is 57.8 Å². The van der Waals surface area contributed by atoms with Crippen LogP contribution in [0.15, 0.2) is 60.8 Å². The third kappa shape index (κ3) is 48.4. The Morgan fingerprint density at radius 1 is 0.439 bits per heavy atom. The van der Waals surface area contributed by atoms with E-state index >= 15 is 0 Å². The first-order valence-corrected chi connectivity index (χ1v) is 24.9. The Morgan fingerprint density at radius 3 is 1.19 bits per heavy atom. The van der Waals surface area contributed by atoms with Crippen molar-refractivity contribution in [3.8, 4) is 0 Å². The van der Waals surface area contributed by atoms with Crippen molar-refractivity contribution in [2.45, 2.75) is 251 Å². The van der Waals surface area contributed by atoms with Gasteiger partial charge in [0, 0.05) is 13.0 Å². The molecule has 332 valence electrons. The predicted octanol–water partition coefficient (Wildman–Crippen LogP) is 16.8. The standard InChI is InChI=1S/C53H96O4/c1-3-5-7-9-11-13-15-17-19-21-23-25-26-27-28-29-30-32-34-36-38-40-42-44-46-48-53(55)57-52(50-54)51-56-49-47-45-43-41-39-37-35-33-31-24-22-20-18-16-14-12-10-8-6-4-2/h6,8,12,14,18,20,24,31,35,37,52,54H,3-5,7,9-11,13,15-17,19,21-23,25-30,32-34,36,38-51H2,1-2H3/b8-6-,14-12-,20-18-,31-24-,37-35-. The molecule has 0 saturated heterocycles. The van der Waals surface area contributed by atoms with Crippen molar-refractivity contribution in [2.24, 2.45) is 0 Å². The van der Waals surface area contributed by atoms with Crippen LogP contribution in [0, 0.1) is 0 Å². The molecule has 0 aromatic heterocycles. The van der Waals surface area contributed by atoms with Crippen molar-refractivity contribution in [1.82, 2.24) is 0 Å². The second kappa shape index (κ2) is 50.2. The first-order chi connectivity index (χ1) is 28.2. The van der Waals surface area contributed by atoms with Gasteiger partial charge in [0.05, 0.1) is 13.2 Å². The Bertz CT molecular complexity index is 931. The monoisotopic (exact) mass is 797 g/mol. The number of hydrogen-bond acceptors (Lipinski definition) is 4. The summed E-state index contributed by atoms with van der Waals surface area (Å²) < 4.78 is 11.2. The second-order valence-corrected chi connectivity index (χ2v) is 16.5. The lowest BCUT2D eigenvalue weighted by Crippen LogP contribution is -2.27. The van der Waals surface area contributed by atoms with Crippen LogP contribution in [0.3, 0.4) is 0 Å². The zero-order valence-corrected chi connectivity index (χ0v) is 38.1. The molecule has 0 saturated carbocycles. The number of carbonyl (C=O) groups is 1. The Kier molecular flexibility index (Phi) is 48.6. The van der Waals surface area contributed by atoms with Crippen LogP contribution in [0.1, 0.15) is 245 Å². The van der Waals surface area contributed by atoms with Gasteiger partial charge in [0.25, 0.3) is 0 Å². The van der Waals surface area contributed by atoms with Gasteiger partial charge in [-0.1, -0.05) is 242 Å². The largest absolute Gasteiger partial charge is 0.457 e. The highest BCUT2D eigenvalue weighted by molar-refractivity contribution is 5.69. The van der Waals surface area contributed by atoms with Crippen LogP contribution >= 0.6 is 0 Å². The van der Waals surface area contributed by atoms with Gasteiger partial charge in [-0.25, -0.2) is 0 Å². The van der Waals surface area contributed by atoms with Crippen molar-refractivity contribution >= 4 is 5.97 Å². The summed E-state index contributed by atoms with van der Waals surface area (Å²) in [6.07, 6.45) is 67.4. The molecule has 0 aliphatic carbocycles. The molecule has 1 atom stereocenters. The van der Waals surface area contributed by atoms with Crippen LogP contribution in [0.5, 0.6) is 0 Å². The molecule has 1 unspecified atom stereocenters. The second-order valence-electron chi connectivity index (χ2n) is 16.5. The minimum absolute atomic E-state index is 0.182. The van der Waals surface area contributed by atoms with Crippen molar-refractivity contribution < 1.29 is 19.4 Å². The van der Waals surface area contributed by atoms with Crippen LogP contribution in [0.2, 0.25) is 0 Å². The lowest BCUT2D eigenvalue weighted by Gasteiger charge is -2.15. The minimum atomic E-state index is -0.549. The summed E-state index contributed by atoms with van der Waals surface area (Å²) in [4.78, 5) is 12.3. The fourth-order valence-electron chi connectivity index (χ4n) is 7.18. The molecule has 0 radical (unpaired) electrons. The van der Waals surface area contributed by atoms with E-state index in [1.807, 2.05) is 0 Å². The highest BCUT2D eigenvalue weighted by Gasteiger charge is 2.13.